The van der Waals surface area contributed by atoms with Gasteiger partial charge in [0, 0.05) is 13.1 Å². The van der Waals surface area contributed by atoms with E-state index in [9.17, 15) is 33.6 Å². The Kier molecular flexibility index (Phi) is 24.7. The van der Waals surface area contributed by atoms with E-state index in [1.165, 1.54) is 11.8 Å². The third-order valence-electron chi connectivity index (χ3n) is 9.80. The smallest absolute Gasteiger partial charge is 0.320 e. The number of carbonyl (C=O) groups excluding carboxylic acids is 6. The van der Waals surface area contributed by atoms with Gasteiger partial charge in [-0.25, -0.2) is 0 Å². The molecule has 1 aliphatic heterocycles. The summed E-state index contributed by atoms with van der Waals surface area (Å²) in [6.45, 7) is 7.67. The van der Waals surface area contributed by atoms with Crippen molar-refractivity contribution in [2.24, 2.45) is 39.6 Å². The predicted molar refractivity (Wildman–Crippen MR) is 215 cm³/mol. The SMILES string of the molecule is CC[C@H](C)[C@H](NC(=O)[C@H](CCCN=C(N)N)NC(=O)[C@H](CCCCN)NC(=O)[C@@H]1CCCN1C(=O)CNCCCCNCC[C@H](N)C(=O)O)C(=O)N[C@@H](C)C(N)=O. The lowest BCUT2D eigenvalue weighted by atomic mass is 9.97. The minimum absolute atomic E-state index is 0.0266. The maximum Gasteiger partial charge on any atom is 0.320 e. The van der Waals surface area contributed by atoms with Gasteiger partial charge in [0.1, 0.15) is 36.3 Å². The summed E-state index contributed by atoms with van der Waals surface area (Å²) >= 11 is 0. The van der Waals surface area contributed by atoms with Gasteiger partial charge in [0.05, 0.1) is 6.54 Å². The number of carboxylic acid groups (broad SMARTS) is 1. The molecule has 0 aromatic heterocycles. The highest BCUT2D eigenvalue weighted by Crippen LogP contribution is 2.18. The maximum atomic E-state index is 13.9. The van der Waals surface area contributed by atoms with Crippen molar-refractivity contribution in [3.05, 3.63) is 0 Å². The number of carbonyl (C=O) groups is 7. The molecule has 1 rings (SSSR count). The van der Waals surface area contributed by atoms with Crippen molar-refractivity contribution in [3.63, 3.8) is 0 Å². The van der Waals surface area contributed by atoms with Gasteiger partial charge in [-0.3, -0.25) is 38.6 Å². The highest BCUT2D eigenvalue weighted by atomic mass is 16.4. The number of aliphatic imine (C=N–C) groups is 1. The number of unbranched alkanes of at least 4 members (excludes halogenated alkanes) is 2. The fraction of sp³-hybridized carbons (Fsp3) is 0.778. The van der Waals surface area contributed by atoms with Crippen LogP contribution in [0.4, 0.5) is 0 Å². The Morgan fingerprint density at radius 2 is 1.42 bits per heavy atom. The molecule has 7 atom stereocenters. The van der Waals surface area contributed by atoms with E-state index in [1.54, 1.807) is 6.92 Å². The molecule has 6 amide bonds. The van der Waals surface area contributed by atoms with Crippen LogP contribution < -0.4 is 60.6 Å². The number of guanidine groups is 1. The van der Waals surface area contributed by atoms with Crippen molar-refractivity contribution in [2.75, 3.05) is 45.8 Å². The Hall–Kier alpha value is -4.60. The zero-order chi connectivity index (χ0) is 42.9. The van der Waals surface area contributed by atoms with E-state index in [2.05, 4.69) is 36.9 Å². The van der Waals surface area contributed by atoms with E-state index in [1.807, 2.05) is 6.92 Å². The number of nitrogens with two attached hydrogens (primary N) is 5. The van der Waals surface area contributed by atoms with Gasteiger partial charge in [0.25, 0.3) is 0 Å². The summed E-state index contributed by atoms with van der Waals surface area (Å²) in [4.78, 5) is 95.5. The quantitative estimate of drug-likeness (QED) is 0.0190. The van der Waals surface area contributed by atoms with E-state index < -0.39 is 71.8 Å². The van der Waals surface area contributed by atoms with Crippen LogP contribution >= 0.6 is 0 Å². The molecule has 0 aromatic rings. The predicted octanol–water partition coefficient (Wildman–Crippen LogP) is -3.59. The number of hydrogen-bond acceptors (Lipinski definition) is 12. The van der Waals surface area contributed by atoms with Crippen LogP contribution in [0.5, 0.6) is 0 Å². The molecule has 1 saturated heterocycles. The normalized spacial score (nSPS) is 16.9. The number of primary amides is 1. The molecule has 17 N–H and O–H groups in total. The molecular weight excluding hydrogens is 742 g/mol. The first-order valence-corrected chi connectivity index (χ1v) is 20.0. The lowest BCUT2D eigenvalue weighted by Gasteiger charge is -2.29. The third kappa shape index (κ3) is 19.9. The molecule has 0 saturated carbocycles. The molecule has 0 bridgehead atoms. The summed E-state index contributed by atoms with van der Waals surface area (Å²) in [5.74, 6) is -4.93. The topological polar surface area (TPSA) is 358 Å². The first kappa shape index (κ1) is 50.4. The Bertz CT molecular complexity index is 1330. The summed E-state index contributed by atoms with van der Waals surface area (Å²) in [6, 6.07) is -5.95. The van der Waals surface area contributed by atoms with Gasteiger partial charge < -0.3 is 70.6 Å². The lowest BCUT2D eigenvalue weighted by molar-refractivity contribution is -0.139. The van der Waals surface area contributed by atoms with Crippen LogP contribution in [0, 0.1) is 5.92 Å². The average molecular weight is 812 g/mol. The highest BCUT2D eigenvalue weighted by molar-refractivity contribution is 5.96. The van der Waals surface area contributed by atoms with Crippen molar-refractivity contribution in [3.8, 4) is 0 Å². The fourth-order valence-electron chi connectivity index (χ4n) is 6.04. The molecule has 1 aliphatic rings. The number of carboxylic acids is 1. The molecule has 21 nitrogen and oxygen atoms in total. The highest BCUT2D eigenvalue weighted by Gasteiger charge is 2.37. The number of nitrogens with one attached hydrogen (secondary N) is 6. The molecule has 1 fully saturated rings. The van der Waals surface area contributed by atoms with Gasteiger partial charge in [0.2, 0.25) is 35.4 Å². The van der Waals surface area contributed by atoms with E-state index in [-0.39, 0.29) is 50.1 Å². The Balaban J connectivity index is 2.99. The zero-order valence-corrected chi connectivity index (χ0v) is 33.9. The van der Waals surface area contributed by atoms with Gasteiger partial charge in [-0.1, -0.05) is 20.3 Å². The number of aliphatic carboxylic acids is 1. The summed E-state index contributed by atoms with van der Waals surface area (Å²) in [7, 11) is 0. The number of hydrogen-bond donors (Lipinski definition) is 12. The molecule has 326 valence electrons. The van der Waals surface area contributed by atoms with Crippen LogP contribution in [0.25, 0.3) is 0 Å². The third-order valence-corrected chi connectivity index (χ3v) is 9.80. The van der Waals surface area contributed by atoms with E-state index in [4.69, 9.17) is 33.8 Å². The molecule has 0 unspecified atom stereocenters. The van der Waals surface area contributed by atoms with E-state index in [0.717, 1.165) is 12.8 Å². The van der Waals surface area contributed by atoms with Crippen LogP contribution in [0.3, 0.4) is 0 Å². The summed E-state index contributed by atoms with van der Waals surface area (Å²) in [5.41, 5.74) is 27.4. The number of rotatable bonds is 30. The number of amides is 6. The molecular formula is C36H69N13O8. The van der Waals surface area contributed by atoms with E-state index in [0.29, 0.717) is 71.2 Å². The van der Waals surface area contributed by atoms with Gasteiger partial charge in [0.15, 0.2) is 5.96 Å². The van der Waals surface area contributed by atoms with Crippen LogP contribution in [0.15, 0.2) is 4.99 Å². The van der Waals surface area contributed by atoms with Crippen molar-refractivity contribution in [2.45, 2.75) is 128 Å². The number of nitrogens with zero attached hydrogens (tertiary/aromatic N) is 2. The van der Waals surface area contributed by atoms with Crippen LogP contribution in [0.2, 0.25) is 0 Å². The van der Waals surface area contributed by atoms with Crippen molar-refractivity contribution in [1.82, 2.24) is 36.8 Å². The number of likely N-dealkylation sites (tertiary alicyclic amines) is 1. The largest absolute Gasteiger partial charge is 0.480 e. The fourth-order valence-corrected chi connectivity index (χ4v) is 6.04. The zero-order valence-electron chi connectivity index (χ0n) is 33.9. The first-order chi connectivity index (χ1) is 27.0. The molecule has 0 aromatic carbocycles. The monoisotopic (exact) mass is 812 g/mol. The van der Waals surface area contributed by atoms with Gasteiger partial charge in [-0.05, 0) is 103 Å². The maximum absolute atomic E-state index is 13.9. The summed E-state index contributed by atoms with van der Waals surface area (Å²) < 4.78 is 0. The second-order valence-corrected chi connectivity index (χ2v) is 14.5. The van der Waals surface area contributed by atoms with Crippen LogP contribution in [-0.2, 0) is 33.6 Å². The molecule has 1 heterocycles. The average Bonchev–Trinajstić information content (AvgIpc) is 3.66. The van der Waals surface area contributed by atoms with Gasteiger partial charge >= 0.3 is 5.97 Å². The summed E-state index contributed by atoms with van der Waals surface area (Å²) in [5, 5.41) is 25.9. The Morgan fingerprint density at radius 1 is 0.789 bits per heavy atom. The van der Waals surface area contributed by atoms with Crippen molar-refractivity contribution < 1.29 is 38.7 Å². The molecule has 0 aliphatic carbocycles. The van der Waals surface area contributed by atoms with Crippen LogP contribution in [-0.4, -0.2) is 139 Å². The second-order valence-electron chi connectivity index (χ2n) is 14.5. The van der Waals surface area contributed by atoms with Crippen molar-refractivity contribution >= 4 is 47.4 Å². The van der Waals surface area contributed by atoms with Gasteiger partial charge in [-0.15, -0.1) is 0 Å². The van der Waals surface area contributed by atoms with E-state index >= 15 is 0 Å². The molecule has 57 heavy (non-hydrogen) atoms. The van der Waals surface area contributed by atoms with Crippen molar-refractivity contribution in [1.29, 1.82) is 0 Å². The lowest BCUT2D eigenvalue weighted by Crippen LogP contribution is -2.59. The second kappa shape index (κ2) is 27.9. The van der Waals surface area contributed by atoms with Crippen LogP contribution in [0.1, 0.15) is 91.4 Å². The standard InChI is InChI=1S/C36H69N13O8/c1-4-22(2)29(34(55)45-23(3)30(39)51)48-32(53)26(12-9-18-44-36(40)41)46-31(52)25(11-5-6-15-37)47-33(54)27-13-10-20-49(27)28(50)21-43-17-8-7-16-42-19-14-24(38)35(56)57/h22-27,29,42-43H,4-21,37-38H2,1-3H3,(H2,39,51)(H,45,55)(H,46,52)(H,47,54)(H,48,53)(H,56,57)(H4,40,41,44)/t22-,23-,24-,25-,26-,27-,29-/m0/s1. The Labute approximate surface area is 335 Å². The minimum Gasteiger partial charge on any atom is -0.480 e. The summed E-state index contributed by atoms with van der Waals surface area (Å²) in [6.07, 6.45) is 5.06. The molecule has 0 radical (unpaired) electrons. The molecule has 0 spiro atoms. The minimum atomic E-state index is -1.16. The Morgan fingerprint density at radius 3 is 2.04 bits per heavy atom. The van der Waals surface area contributed by atoms with Gasteiger partial charge in [-0.2, -0.15) is 0 Å². The first-order valence-electron chi connectivity index (χ1n) is 20.0. The molecule has 21 heteroatoms.